The standard InChI is InChI=1S/C21H22N4O4S2.2C2HF3O2/c1-29-16-9-7-15(8-10-16)18-14-30-21(23-18)24-20(26)19-6-2-3-12-25(19)31(27,28)17-5-4-11-22-13-17;2*3-2(4,5)1(6)7/h4-5,7-11,13-14,19H,2-3,6,12H2,1H3,(H,23,24,26);2*(H,6,7)/t19-;;/m1../s1. The minimum Gasteiger partial charge on any atom is -0.497 e. The quantitative estimate of drug-likeness (QED) is 0.309. The lowest BCUT2D eigenvalue weighted by Crippen LogP contribution is -2.49. The fourth-order valence-corrected chi connectivity index (χ4v) is 5.85. The number of carbonyl (C=O) groups is 3. The summed E-state index contributed by atoms with van der Waals surface area (Å²) >= 11 is 1.30. The van der Waals surface area contributed by atoms with Gasteiger partial charge in [-0.2, -0.15) is 30.6 Å². The summed E-state index contributed by atoms with van der Waals surface area (Å²) in [6.07, 6.45) is -5.39. The van der Waals surface area contributed by atoms with E-state index in [1.807, 2.05) is 29.6 Å². The molecule has 0 radical (unpaired) electrons. The third-order valence-corrected chi connectivity index (χ3v) is 8.25. The number of hydrogen-bond acceptors (Lipinski definition) is 9. The van der Waals surface area contributed by atoms with Crippen LogP contribution in [0, 0.1) is 0 Å². The number of methoxy groups -OCH3 is 1. The third-order valence-electron chi connectivity index (χ3n) is 5.60. The van der Waals surface area contributed by atoms with Crippen molar-refractivity contribution < 1.29 is 64.1 Å². The molecule has 1 aliphatic heterocycles. The number of sulfonamides is 1. The van der Waals surface area contributed by atoms with Crippen molar-refractivity contribution in [3.05, 3.63) is 54.2 Å². The summed E-state index contributed by atoms with van der Waals surface area (Å²) in [5.41, 5.74) is 1.63. The van der Waals surface area contributed by atoms with Crippen molar-refractivity contribution in [3.8, 4) is 17.0 Å². The fourth-order valence-electron chi connectivity index (χ4n) is 3.50. The first kappa shape index (κ1) is 36.9. The summed E-state index contributed by atoms with van der Waals surface area (Å²) in [6.45, 7) is 0.296. The molecule has 2 aromatic heterocycles. The molecule has 0 spiro atoms. The zero-order valence-corrected chi connectivity index (χ0v) is 24.5. The summed E-state index contributed by atoms with van der Waals surface area (Å²) in [6, 6.07) is 9.75. The number of pyridine rings is 1. The average molecular weight is 687 g/mol. The Balaban J connectivity index is 0.000000421. The molecule has 0 aliphatic carbocycles. The summed E-state index contributed by atoms with van der Waals surface area (Å²) in [5.74, 6) is -5.14. The predicted molar refractivity (Wildman–Crippen MR) is 146 cm³/mol. The molecule has 20 heteroatoms. The first-order valence-corrected chi connectivity index (χ1v) is 14.6. The molecule has 1 saturated heterocycles. The number of nitrogens with one attached hydrogen (secondary N) is 1. The second-order valence-corrected chi connectivity index (χ2v) is 11.4. The second-order valence-electron chi connectivity index (χ2n) is 8.68. The van der Waals surface area contributed by atoms with E-state index in [9.17, 15) is 39.6 Å². The Labute approximate surface area is 255 Å². The molecule has 246 valence electrons. The lowest BCUT2D eigenvalue weighted by atomic mass is 10.0. The number of halogens is 6. The van der Waals surface area contributed by atoms with Crippen LogP contribution in [0.5, 0.6) is 5.75 Å². The number of alkyl halides is 6. The fraction of sp³-hybridized carbons (Fsp3) is 0.320. The molecular weight excluding hydrogens is 662 g/mol. The van der Waals surface area contributed by atoms with Crippen molar-refractivity contribution in [2.24, 2.45) is 0 Å². The van der Waals surface area contributed by atoms with Gasteiger partial charge in [0.1, 0.15) is 16.7 Å². The molecule has 1 fully saturated rings. The van der Waals surface area contributed by atoms with Gasteiger partial charge in [0.2, 0.25) is 15.9 Å². The number of amides is 1. The molecule has 0 saturated carbocycles. The van der Waals surface area contributed by atoms with E-state index in [1.165, 1.54) is 34.1 Å². The number of carbonyl (C=O) groups excluding carboxylic acids is 1. The Morgan fingerprint density at radius 1 is 1.00 bits per heavy atom. The zero-order chi connectivity index (χ0) is 34.0. The van der Waals surface area contributed by atoms with Crippen LogP contribution >= 0.6 is 11.3 Å². The number of aromatic nitrogens is 2. The minimum atomic E-state index is -5.08. The van der Waals surface area contributed by atoms with Crippen molar-refractivity contribution in [3.63, 3.8) is 0 Å². The Bertz CT molecular complexity index is 1530. The van der Waals surface area contributed by atoms with Gasteiger partial charge in [0.05, 0.1) is 12.8 Å². The van der Waals surface area contributed by atoms with Crippen LogP contribution in [0.2, 0.25) is 0 Å². The van der Waals surface area contributed by atoms with Crippen LogP contribution in [0.15, 0.2) is 59.1 Å². The van der Waals surface area contributed by atoms with Gasteiger partial charge in [-0.15, -0.1) is 11.3 Å². The molecule has 3 N–H and O–H groups in total. The van der Waals surface area contributed by atoms with Gasteiger partial charge < -0.3 is 20.3 Å². The van der Waals surface area contributed by atoms with Crippen LogP contribution in [-0.2, 0) is 24.4 Å². The first-order valence-electron chi connectivity index (χ1n) is 12.3. The predicted octanol–water partition coefficient (Wildman–Crippen LogP) is 4.66. The Morgan fingerprint density at radius 2 is 1.58 bits per heavy atom. The van der Waals surface area contributed by atoms with Gasteiger partial charge in [-0.05, 0) is 49.2 Å². The number of thiazole rings is 1. The highest BCUT2D eigenvalue weighted by atomic mass is 32.2. The van der Waals surface area contributed by atoms with E-state index in [1.54, 1.807) is 13.2 Å². The van der Waals surface area contributed by atoms with Gasteiger partial charge in [0.15, 0.2) is 5.13 Å². The molecule has 12 nitrogen and oxygen atoms in total. The van der Waals surface area contributed by atoms with E-state index in [4.69, 9.17) is 24.5 Å². The van der Waals surface area contributed by atoms with Crippen LogP contribution in [0.4, 0.5) is 31.5 Å². The molecule has 0 unspecified atom stereocenters. The molecule has 1 amide bonds. The highest BCUT2D eigenvalue weighted by molar-refractivity contribution is 7.89. The van der Waals surface area contributed by atoms with Crippen molar-refractivity contribution in [2.75, 3.05) is 19.0 Å². The number of rotatable bonds is 6. The summed E-state index contributed by atoms with van der Waals surface area (Å²) in [5, 5.41) is 19.3. The van der Waals surface area contributed by atoms with Crippen molar-refractivity contribution >= 4 is 44.3 Å². The Kier molecular flexibility index (Phi) is 12.8. The second kappa shape index (κ2) is 15.6. The number of piperidine rings is 1. The molecule has 1 aliphatic rings. The first-order chi connectivity index (χ1) is 20.9. The summed E-state index contributed by atoms with van der Waals surface area (Å²) < 4.78 is 96.1. The topological polar surface area (TPSA) is 176 Å². The number of carboxylic acid groups (broad SMARTS) is 2. The molecule has 1 aromatic carbocycles. The van der Waals surface area contributed by atoms with Crippen LogP contribution < -0.4 is 10.1 Å². The maximum absolute atomic E-state index is 13.1. The number of hydrogen-bond donors (Lipinski definition) is 3. The van der Waals surface area contributed by atoms with Gasteiger partial charge in [0, 0.05) is 29.9 Å². The van der Waals surface area contributed by atoms with Crippen LogP contribution in [-0.4, -0.2) is 82.8 Å². The van der Waals surface area contributed by atoms with Crippen LogP contribution in [0.25, 0.3) is 11.3 Å². The van der Waals surface area contributed by atoms with E-state index in [-0.39, 0.29) is 10.8 Å². The monoisotopic (exact) mass is 686 g/mol. The number of nitrogens with zero attached hydrogens (tertiary/aromatic N) is 3. The van der Waals surface area contributed by atoms with Gasteiger partial charge >= 0.3 is 24.3 Å². The number of ether oxygens (including phenoxy) is 1. The molecule has 3 aromatic rings. The van der Waals surface area contributed by atoms with E-state index in [0.29, 0.717) is 24.5 Å². The summed E-state index contributed by atoms with van der Waals surface area (Å²) in [7, 11) is -2.21. The largest absolute Gasteiger partial charge is 0.497 e. The van der Waals surface area contributed by atoms with Crippen molar-refractivity contribution in [2.45, 2.75) is 42.6 Å². The zero-order valence-electron chi connectivity index (χ0n) is 22.9. The summed E-state index contributed by atoms with van der Waals surface area (Å²) in [4.78, 5) is 39.3. The Morgan fingerprint density at radius 3 is 2.07 bits per heavy atom. The maximum Gasteiger partial charge on any atom is 0.490 e. The average Bonchev–Trinajstić information content (AvgIpc) is 3.45. The maximum atomic E-state index is 13.1. The molecule has 1 atom stereocenters. The molecule has 45 heavy (non-hydrogen) atoms. The Hall–Kier alpha value is -4.30. The third kappa shape index (κ3) is 11.0. The van der Waals surface area contributed by atoms with Crippen LogP contribution in [0.3, 0.4) is 0 Å². The normalized spacial score (nSPS) is 15.4. The SMILES string of the molecule is COc1ccc(-c2csc(NC(=O)[C@H]3CCCCN3S(=O)(=O)c3cccnc3)n2)cc1.O=C(O)C(F)(F)F.O=C(O)C(F)(F)F. The molecule has 4 rings (SSSR count). The molecule has 3 heterocycles. The number of anilines is 1. The van der Waals surface area contributed by atoms with Crippen LogP contribution in [0.1, 0.15) is 19.3 Å². The van der Waals surface area contributed by atoms with E-state index in [0.717, 1.165) is 23.4 Å². The molecular formula is C25H24F6N4O8S2. The number of aliphatic carboxylic acids is 2. The van der Waals surface area contributed by atoms with Gasteiger partial charge in [-0.25, -0.2) is 23.0 Å². The molecule has 0 bridgehead atoms. The van der Waals surface area contributed by atoms with Crippen molar-refractivity contribution in [1.82, 2.24) is 14.3 Å². The lowest BCUT2D eigenvalue weighted by molar-refractivity contribution is -0.193. The smallest absolute Gasteiger partial charge is 0.490 e. The van der Waals surface area contributed by atoms with E-state index in [2.05, 4.69) is 15.3 Å². The van der Waals surface area contributed by atoms with Gasteiger partial charge in [-0.1, -0.05) is 6.42 Å². The highest BCUT2D eigenvalue weighted by Gasteiger charge is 2.39. The lowest BCUT2D eigenvalue weighted by Gasteiger charge is -2.33. The van der Waals surface area contributed by atoms with Gasteiger partial charge in [-0.3, -0.25) is 9.78 Å². The number of carboxylic acids is 2. The van der Waals surface area contributed by atoms with E-state index >= 15 is 0 Å². The number of benzene rings is 1. The highest BCUT2D eigenvalue weighted by Crippen LogP contribution is 2.29. The minimum absolute atomic E-state index is 0.0886. The van der Waals surface area contributed by atoms with Gasteiger partial charge in [0.25, 0.3) is 0 Å². The van der Waals surface area contributed by atoms with E-state index < -0.39 is 40.4 Å². The van der Waals surface area contributed by atoms with Crippen molar-refractivity contribution in [1.29, 1.82) is 0 Å².